The lowest BCUT2D eigenvalue weighted by atomic mass is 9.97. The molecule has 0 aliphatic carbocycles. The van der Waals surface area contributed by atoms with E-state index in [2.05, 4.69) is 26.6 Å². The summed E-state index contributed by atoms with van der Waals surface area (Å²) in [6, 6.07) is 10.7. The van der Waals surface area contributed by atoms with E-state index in [1.165, 1.54) is 64.0 Å². The standard InChI is InChI=1S/C55H68N12O15/c1-61-21-13-38(42(69)33-61)49(76)56-17-25-65(26-18-57-50(77)39-14-22-62(2)53(80)46(39)73)30-35(29-34-5-7-36(8-6-34)60-43(70)10-9-37(68)32-67-44(71)11-12-45(67)72)31-66(27-19-58-51(78)40-15-23-63(3)54(81)47(40)74)28-20-59-52(79)41-16-24-64(4)55(82)48(41)75/h5-8,13-16,21-24,35,69,73-75H,9-12,17-20,25-33H2,1-4H3,(H,56,76)(H,57,77)(H,58,78)(H,59,79)(H,60,70). The second-order valence-corrected chi connectivity index (χ2v) is 19.9. The van der Waals surface area contributed by atoms with Crippen molar-refractivity contribution in [3.8, 4) is 17.2 Å². The molecule has 1 fully saturated rings. The largest absolute Gasteiger partial charge is 0.510 e. The number of Topliss-reactive ketones (excluding diaryl/α,β-unsaturated/α-hetero) is 1. The van der Waals surface area contributed by atoms with Crippen molar-refractivity contribution in [2.24, 2.45) is 27.1 Å². The molecule has 1 aromatic carbocycles. The molecule has 1 saturated heterocycles. The third-order valence-corrected chi connectivity index (χ3v) is 13.7. The number of hydrogen-bond acceptors (Lipinski definition) is 18. The highest BCUT2D eigenvalue weighted by Crippen LogP contribution is 2.19. The highest BCUT2D eigenvalue weighted by Gasteiger charge is 2.31. The SMILES string of the molecule is CN1C=CC(C(=O)NCCN(CCNC(=O)c2ccn(C)c(=O)c2O)CC(Cc2ccc(NC(=O)CCC(=O)CN3C(=O)CCC3=O)cc2)CN(CCNC(=O)c2ccn(C)c(=O)c2O)CCNC(=O)c2ccn(C)c(=O)c2O)=C(O)C1. The minimum atomic E-state index is -0.786. The van der Waals surface area contributed by atoms with Gasteiger partial charge in [0.25, 0.3) is 40.3 Å². The van der Waals surface area contributed by atoms with Crippen molar-refractivity contribution < 1.29 is 58.8 Å². The molecule has 2 aliphatic heterocycles. The molecule has 1 unspecified atom stereocenters. The number of aromatic nitrogens is 3. The monoisotopic (exact) mass is 1140 g/mol. The van der Waals surface area contributed by atoms with Gasteiger partial charge >= 0.3 is 0 Å². The van der Waals surface area contributed by atoms with E-state index in [0.717, 1.165) is 24.2 Å². The third-order valence-electron chi connectivity index (χ3n) is 13.7. The molecule has 27 heteroatoms. The van der Waals surface area contributed by atoms with Crippen LogP contribution >= 0.6 is 0 Å². The number of nitrogens with one attached hydrogen (secondary N) is 5. The summed E-state index contributed by atoms with van der Waals surface area (Å²) in [4.78, 5) is 147. The molecule has 0 spiro atoms. The highest BCUT2D eigenvalue weighted by atomic mass is 16.3. The van der Waals surface area contributed by atoms with Gasteiger partial charge in [0.15, 0.2) is 23.0 Å². The van der Waals surface area contributed by atoms with Crippen molar-refractivity contribution in [2.75, 3.05) is 90.9 Å². The maximum atomic E-state index is 13.4. The summed E-state index contributed by atoms with van der Waals surface area (Å²) in [6.45, 7) is 0.684. The van der Waals surface area contributed by atoms with Gasteiger partial charge in [-0.25, -0.2) is 0 Å². The molecule has 82 heavy (non-hydrogen) atoms. The predicted molar refractivity (Wildman–Crippen MR) is 297 cm³/mol. The van der Waals surface area contributed by atoms with E-state index in [-0.39, 0.29) is 132 Å². The van der Waals surface area contributed by atoms with Crippen LogP contribution in [0.4, 0.5) is 5.69 Å². The Morgan fingerprint density at radius 3 is 1.39 bits per heavy atom. The summed E-state index contributed by atoms with van der Waals surface area (Å²) in [5, 5.41) is 55.9. The Balaban J connectivity index is 1.25. The Labute approximate surface area is 470 Å². The quantitative estimate of drug-likeness (QED) is 0.0301. The molecular formula is C55H68N12O15. The van der Waals surface area contributed by atoms with Crippen LogP contribution in [0.1, 0.15) is 62.3 Å². The fraction of sp³-hybridized carbons (Fsp3) is 0.400. The van der Waals surface area contributed by atoms with Crippen LogP contribution in [0.25, 0.3) is 0 Å². The topological polar surface area (TPSA) is 357 Å². The van der Waals surface area contributed by atoms with Crippen molar-refractivity contribution in [3.05, 3.63) is 138 Å². The molecule has 0 radical (unpaired) electrons. The zero-order chi connectivity index (χ0) is 59.8. The molecule has 9 N–H and O–H groups in total. The number of carbonyl (C=O) groups is 8. The van der Waals surface area contributed by atoms with E-state index in [0.29, 0.717) is 12.1 Å². The first-order chi connectivity index (χ1) is 39.0. The summed E-state index contributed by atoms with van der Waals surface area (Å²) in [5.74, 6) is -7.31. The molecule has 6 rings (SSSR count). The number of rotatable bonds is 28. The second-order valence-electron chi connectivity index (χ2n) is 19.9. The van der Waals surface area contributed by atoms with Crippen molar-refractivity contribution in [1.82, 2.24) is 54.6 Å². The lowest BCUT2D eigenvalue weighted by Gasteiger charge is -2.32. The molecule has 27 nitrogen and oxygen atoms in total. The summed E-state index contributed by atoms with van der Waals surface area (Å²) in [7, 11) is 5.97. The fourth-order valence-corrected chi connectivity index (χ4v) is 9.06. The fourth-order valence-electron chi connectivity index (χ4n) is 9.06. The average molecular weight is 1140 g/mol. The maximum absolute atomic E-state index is 13.4. The smallest absolute Gasteiger partial charge is 0.293 e. The van der Waals surface area contributed by atoms with Crippen LogP contribution in [-0.2, 0) is 51.5 Å². The molecule has 0 bridgehead atoms. The molecular weight excluding hydrogens is 1070 g/mol. The zero-order valence-corrected chi connectivity index (χ0v) is 45.9. The van der Waals surface area contributed by atoms with Crippen LogP contribution in [-0.4, -0.2) is 186 Å². The maximum Gasteiger partial charge on any atom is 0.293 e. The number of anilines is 1. The van der Waals surface area contributed by atoms with Gasteiger partial charge in [-0.1, -0.05) is 12.1 Å². The lowest BCUT2D eigenvalue weighted by Crippen LogP contribution is -2.46. The summed E-state index contributed by atoms with van der Waals surface area (Å²) in [6.07, 6.45) is 7.11. The van der Waals surface area contributed by atoms with Crippen molar-refractivity contribution in [3.63, 3.8) is 0 Å². The second kappa shape index (κ2) is 28.7. The van der Waals surface area contributed by atoms with Gasteiger partial charge < -0.3 is 65.6 Å². The lowest BCUT2D eigenvalue weighted by molar-refractivity contribution is -0.141. The van der Waals surface area contributed by atoms with Gasteiger partial charge in [0.05, 0.1) is 35.4 Å². The third kappa shape index (κ3) is 16.8. The number of carbonyl (C=O) groups excluding carboxylic acids is 8. The molecule has 1 atom stereocenters. The van der Waals surface area contributed by atoms with Gasteiger partial charge in [-0.3, -0.25) is 67.4 Å². The van der Waals surface area contributed by atoms with Gasteiger partial charge in [-0.15, -0.1) is 0 Å². The van der Waals surface area contributed by atoms with Crippen LogP contribution < -0.4 is 43.3 Å². The van der Waals surface area contributed by atoms with E-state index in [1.807, 2.05) is 9.80 Å². The van der Waals surface area contributed by atoms with E-state index < -0.39 is 87.6 Å². The number of ketones is 1. The van der Waals surface area contributed by atoms with Gasteiger partial charge in [-0.2, -0.15) is 0 Å². The first-order valence-electron chi connectivity index (χ1n) is 26.3. The molecule has 2 aliphatic rings. The Morgan fingerprint density at radius 1 is 0.561 bits per heavy atom. The van der Waals surface area contributed by atoms with Gasteiger partial charge in [-0.05, 0) is 54.3 Å². The average Bonchev–Trinajstić information content (AvgIpc) is 3.88. The minimum absolute atomic E-state index is 0.0175. The van der Waals surface area contributed by atoms with E-state index >= 15 is 0 Å². The Kier molecular flexibility index (Phi) is 21.6. The number of nitrogens with zero attached hydrogens (tertiary/aromatic N) is 7. The summed E-state index contributed by atoms with van der Waals surface area (Å²) in [5.41, 5.74) is -1.87. The number of aliphatic hydroxyl groups excluding tert-OH is 1. The molecule has 5 heterocycles. The van der Waals surface area contributed by atoms with E-state index in [4.69, 9.17) is 0 Å². The molecule has 4 aromatic rings. The number of benzene rings is 1. The van der Waals surface area contributed by atoms with E-state index in [1.54, 1.807) is 42.4 Å². The van der Waals surface area contributed by atoms with Crippen molar-refractivity contribution in [1.29, 1.82) is 0 Å². The van der Waals surface area contributed by atoms with Crippen molar-refractivity contribution >= 4 is 52.8 Å². The van der Waals surface area contributed by atoms with Crippen LogP contribution in [0.3, 0.4) is 0 Å². The first-order valence-corrected chi connectivity index (χ1v) is 26.3. The Morgan fingerprint density at radius 2 is 0.976 bits per heavy atom. The van der Waals surface area contributed by atoms with Gasteiger partial charge in [0, 0.05) is 150 Å². The molecule has 0 saturated carbocycles. The molecule has 3 aromatic heterocycles. The van der Waals surface area contributed by atoms with Crippen LogP contribution in [0.15, 0.2) is 99.0 Å². The normalized spacial score (nSPS) is 13.6. The zero-order valence-electron chi connectivity index (χ0n) is 45.9. The van der Waals surface area contributed by atoms with Gasteiger partial charge in [0.2, 0.25) is 17.7 Å². The van der Waals surface area contributed by atoms with Crippen LogP contribution in [0.2, 0.25) is 0 Å². The summed E-state index contributed by atoms with van der Waals surface area (Å²) < 4.78 is 3.33. The number of aliphatic hydroxyl groups is 1. The van der Waals surface area contributed by atoms with Crippen molar-refractivity contribution in [2.45, 2.75) is 32.1 Å². The number of hydrogen-bond donors (Lipinski definition) is 9. The van der Waals surface area contributed by atoms with E-state index in [9.17, 15) is 73.2 Å². The number of aromatic hydroxyl groups is 3. The molecule has 7 amide bonds. The highest BCUT2D eigenvalue weighted by molar-refractivity contribution is 6.05. The van der Waals surface area contributed by atoms with Crippen LogP contribution in [0.5, 0.6) is 17.2 Å². The first kappa shape index (κ1) is 61.8. The summed E-state index contributed by atoms with van der Waals surface area (Å²) >= 11 is 0. The minimum Gasteiger partial charge on any atom is -0.510 e. The predicted octanol–water partition coefficient (Wildman–Crippen LogP) is -1.22. The molecule has 438 valence electrons. The number of aryl methyl sites for hydroxylation is 3. The Bertz CT molecular complexity index is 3230. The van der Waals surface area contributed by atoms with Crippen LogP contribution in [0, 0.1) is 5.92 Å². The Hall–Kier alpha value is -9.37. The number of imide groups is 1. The number of pyridine rings is 3. The number of likely N-dealkylation sites (N-methyl/N-ethyl adjacent to an activating group) is 1. The number of likely N-dealkylation sites (tertiary alicyclic amines) is 1. The number of amides is 7. The van der Waals surface area contributed by atoms with Gasteiger partial charge in [0.1, 0.15) is 5.76 Å².